The first kappa shape index (κ1) is 9.25. The van der Waals surface area contributed by atoms with E-state index in [4.69, 9.17) is 11.5 Å². The molecule has 1 rings (SSSR count). The number of rotatable bonds is 3. The zero-order valence-electron chi connectivity index (χ0n) is 7.10. The van der Waals surface area contributed by atoms with Crippen molar-refractivity contribution in [3.8, 4) is 0 Å². The van der Waals surface area contributed by atoms with Crippen molar-refractivity contribution in [2.75, 3.05) is 6.54 Å². The van der Waals surface area contributed by atoms with Crippen LogP contribution in [0.1, 0.15) is 10.4 Å². The number of carbonyl (C=O) groups is 1. The summed E-state index contributed by atoms with van der Waals surface area (Å²) in [7, 11) is 0. The Morgan fingerprint density at radius 2 is 1.85 bits per heavy atom. The van der Waals surface area contributed by atoms with Crippen LogP contribution in [-0.2, 0) is 0 Å². The SMILES string of the molecule is NC(N)=NCC(=O)c1ccccc1. The van der Waals surface area contributed by atoms with Gasteiger partial charge in [-0.25, -0.2) is 4.99 Å². The summed E-state index contributed by atoms with van der Waals surface area (Å²) in [6, 6.07) is 8.89. The zero-order chi connectivity index (χ0) is 9.68. The number of guanidine groups is 1. The molecular formula is C9H11N3O. The summed E-state index contributed by atoms with van der Waals surface area (Å²) in [5, 5.41) is 0. The summed E-state index contributed by atoms with van der Waals surface area (Å²) in [6.07, 6.45) is 0. The molecule has 4 heteroatoms. The molecule has 0 unspecified atom stereocenters. The lowest BCUT2D eigenvalue weighted by molar-refractivity contribution is 0.100. The summed E-state index contributed by atoms with van der Waals surface area (Å²) in [5.74, 6) is -0.154. The van der Waals surface area contributed by atoms with Gasteiger partial charge in [0.1, 0.15) is 6.54 Å². The molecule has 0 saturated carbocycles. The Morgan fingerprint density at radius 3 is 2.38 bits per heavy atom. The summed E-state index contributed by atoms with van der Waals surface area (Å²) < 4.78 is 0. The molecule has 0 atom stereocenters. The lowest BCUT2D eigenvalue weighted by Gasteiger charge is -1.96. The van der Waals surface area contributed by atoms with E-state index in [0.29, 0.717) is 5.56 Å². The molecule has 0 radical (unpaired) electrons. The number of ketones is 1. The minimum absolute atomic E-state index is 0.00630. The molecule has 0 amide bonds. The number of Topliss-reactive ketones (excluding diaryl/α,β-unsaturated/α-hetero) is 1. The van der Waals surface area contributed by atoms with Gasteiger partial charge in [0.15, 0.2) is 11.7 Å². The van der Waals surface area contributed by atoms with Crippen molar-refractivity contribution in [1.29, 1.82) is 0 Å². The third-order valence-electron chi connectivity index (χ3n) is 1.50. The number of benzene rings is 1. The van der Waals surface area contributed by atoms with Gasteiger partial charge in [0.25, 0.3) is 0 Å². The van der Waals surface area contributed by atoms with E-state index in [-0.39, 0.29) is 18.3 Å². The predicted octanol–water partition coefficient (Wildman–Crippen LogP) is 0.143. The molecular weight excluding hydrogens is 166 g/mol. The molecule has 0 aliphatic rings. The fraction of sp³-hybridized carbons (Fsp3) is 0.111. The van der Waals surface area contributed by atoms with Gasteiger partial charge in [-0.3, -0.25) is 4.79 Å². The van der Waals surface area contributed by atoms with Gasteiger partial charge in [0.05, 0.1) is 0 Å². The molecule has 0 aromatic heterocycles. The van der Waals surface area contributed by atoms with Gasteiger partial charge >= 0.3 is 0 Å². The normalized spacial score (nSPS) is 9.23. The second-order valence-electron chi connectivity index (χ2n) is 2.53. The van der Waals surface area contributed by atoms with Crippen LogP contribution in [-0.4, -0.2) is 18.3 Å². The Balaban J connectivity index is 2.65. The lowest BCUT2D eigenvalue weighted by Crippen LogP contribution is -2.24. The Morgan fingerprint density at radius 1 is 1.23 bits per heavy atom. The Labute approximate surface area is 76.3 Å². The van der Waals surface area contributed by atoms with Gasteiger partial charge in [-0.15, -0.1) is 0 Å². The van der Waals surface area contributed by atoms with Crippen LogP contribution in [0.2, 0.25) is 0 Å². The van der Waals surface area contributed by atoms with Crippen molar-refractivity contribution >= 4 is 11.7 Å². The second kappa shape index (κ2) is 4.25. The molecule has 0 heterocycles. The minimum Gasteiger partial charge on any atom is -0.370 e. The van der Waals surface area contributed by atoms with Gasteiger partial charge < -0.3 is 11.5 Å². The van der Waals surface area contributed by atoms with E-state index in [2.05, 4.69) is 4.99 Å². The van der Waals surface area contributed by atoms with Crippen molar-refractivity contribution in [2.45, 2.75) is 0 Å². The molecule has 68 valence electrons. The van der Waals surface area contributed by atoms with Crippen LogP contribution >= 0.6 is 0 Å². The summed E-state index contributed by atoms with van der Waals surface area (Å²) in [5.41, 5.74) is 10.8. The maximum absolute atomic E-state index is 11.3. The monoisotopic (exact) mass is 177 g/mol. The van der Waals surface area contributed by atoms with Crippen molar-refractivity contribution in [1.82, 2.24) is 0 Å². The molecule has 13 heavy (non-hydrogen) atoms. The molecule has 0 aliphatic heterocycles. The van der Waals surface area contributed by atoms with Crippen LogP contribution in [0.5, 0.6) is 0 Å². The molecule has 4 N–H and O–H groups in total. The number of hydrogen-bond donors (Lipinski definition) is 2. The first-order valence-electron chi connectivity index (χ1n) is 3.84. The number of carbonyl (C=O) groups excluding carboxylic acids is 1. The molecule has 1 aromatic rings. The first-order chi connectivity index (χ1) is 6.20. The fourth-order valence-corrected chi connectivity index (χ4v) is 0.878. The van der Waals surface area contributed by atoms with Gasteiger partial charge in [0, 0.05) is 5.56 Å². The topological polar surface area (TPSA) is 81.5 Å². The second-order valence-corrected chi connectivity index (χ2v) is 2.53. The van der Waals surface area contributed by atoms with Crippen LogP contribution < -0.4 is 11.5 Å². The van der Waals surface area contributed by atoms with E-state index >= 15 is 0 Å². The highest BCUT2D eigenvalue weighted by Gasteiger charge is 2.02. The van der Waals surface area contributed by atoms with Crippen molar-refractivity contribution in [3.63, 3.8) is 0 Å². The predicted molar refractivity (Wildman–Crippen MR) is 51.4 cm³/mol. The summed E-state index contributed by atoms with van der Waals surface area (Å²) >= 11 is 0. The molecule has 0 spiro atoms. The molecule has 0 aliphatic carbocycles. The van der Waals surface area contributed by atoms with E-state index < -0.39 is 0 Å². The van der Waals surface area contributed by atoms with E-state index in [0.717, 1.165) is 0 Å². The molecule has 0 saturated heterocycles. The van der Waals surface area contributed by atoms with Gasteiger partial charge in [-0.1, -0.05) is 30.3 Å². The minimum atomic E-state index is -0.0889. The molecule has 4 nitrogen and oxygen atoms in total. The summed E-state index contributed by atoms with van der Waals surface area (Å²) in [4.78, 5) is 15.0. The fourth-order valence-electron chi connectivity index (χ4n) is 0.878. The van der Waals surface area contributed by atoms with Crippen LogP contribution in [0.3, 0.4) is 0 Å². The lowest BCUT2D eigenvalue weighted by atomic mass is 10.1. The standard InChI is InChI=1S/C9H11N3O/c10-9(11)12-6-8(13)7-4-2-1-3-5-7/h1-5H,6H2,(H4,10,11,12). The van der Waals surface area contributed by atoms with Gasteiger partial charge in [-0.05, 0) is 0 Å². The maximum atomic E-state index is 11.3. The van der Waals surface area contributed by atoms with Gasteiger partial charge in [-0.2, -0.15) is 0 Å². The van der Waals surface area contributed by atoms with E-state index in [1.54, 1.807) is 24.3 Å². The average molecular weight is 177 g/mol. The largest absolute Gasteiger partial charge is 0.370 e. The number of nitrogens with zero attached hydrogens (tertiary/aromatic N) is 1. The third kappa shape index (κ3) is 2.94. The van der Waals surface area contributed by atoms with E-state index in [1.807, 2.05) is 6.07 Å². The Kier molecular flexibility index (Phi) is 3.03. The highest BCUT2D eigenvalue weighted by Crippen LogP contribution is 1.99. The first-order valence-corrected chi connectivity index (χ1v) is 3.84. The van der Waals surface area contributed by atoms with E-state index in [1.165, 1.54) is 0 Å². The van der Waals surface area contributed by atoms with E-state index in [9.17, 15) is 4.79 Å². The number of hydrogen-bond acceptors (Lipinski definition) is 2. The highest BCUT2D eigenvalue weighted by molar-refractivity contribution is 5.98. The van der Waals surface area contributed by atoms with Crippen LogP contribution in [0.4, 0.5) is 0 Å². The van der Waals surface area contributed by atoms with Crippen LogP contribution in [0, 0.1) is 0 Å². The average Bonchev–Trinajstić information content (AvgIpc) is 2.15. The van der Waals surface area contributed by atoms with Crippen molar-refractivity contribution in [2.24, 2.45) is 16.5 Å². The Bertz CT molecular complexity index is 315. The molecule has 1 aromatic carbocycles. The molecule has 0 bridgehead atoms. The number of aliphatic imine (C=N–C) groups is 1. The zero-order valence-corrected chi connectivity index (χ0v) is 7.10. The van der Waals surface area contributed by atoms with Crippen LogP contribution in [0.25, 0.3) is 0 Å². The van der Waals surface area contributed by atoms with Crippen molar-refractivity contribution < 1.29 is 4.79 Å². The van der Waals surface area contributed by atoms with Crippen LogP contribution in [0.15, 0.2) is 35.3 Å². The summed E-state index contributed by atoms with van der Waals surface area (Å²) in [6.45, 7) is 0.00630. The quantitative estimate of drug-likeness (QED) is 0.391. The maximum Gasteiger partial charge on any atom is 0.186 e. The molecule has 0 fully saturated rings. The number of nitrogens with two attached hydrogens (primary N) is 2. The highest BCUT2D eigenvalue weighted by atomic mass is 16.1. The van der Waals surface area contributed by atoms with Gasteiger partial charge in [0.2, 0.25) is 0 Å². The smallest absolute Gasteiger partial charge is 0.186 e. The van der Waals surface area contributed by atoms with Crippen molar-refractivity contribution in [3.05, 3.63) is 35.9 Å². The third-order valence-corrected chi connectivity index (χ3v) is 1.50. The Hall–Kier alpha value is -1.84.